The fraction of sp³-hybridized carbons (Fsp3) is 0.364. The molecule has 0 amide bonds. The van der Waals surface area contributed by atoms with Crippen LogP contribution in [0.15, 0.2) is 18.3 Å². The van der Waals surface area contributed by atoms with Crippen LogP contribution in [0.5, 0.6) is 0 Å². The average molecular weight is 245 g/mol. The van der Waals surface area contributed by atoms with Gasteiger partial charge in [0.2, 0.25) is 0 Å². The zero-order valence-electron chi connectivity index (χ0n) is 8.92. The Morgan fingerprint density at radius 3 is 2.56 bits per heavy atom. The third kappa shape index (κ3) is 1.89. The van der Waals surface area contributed by atoms with Crippen LogP contribution < -0.4 is 0 Å². The number of aromatic nitrogens is 2. The van der Waals surface area contributed by atoms with E-state index in [1.807, 2.05) is 19.9 Å². The molecular weight excluding hydrogens is 234 g/mol. The highest BCUT2D eigenvalue weighted by molar-refractivity contribution is 6.32. The van der Waals surface area contributed by atoms with Crippen LogP contribution in [-0.4, -0.2) is 9.78 Å². The summed E-state index contributed by atoms with van der Waals surface area (Å²) in [6.07, 6.45) is 1.34. The molecule has 0 fully saturated rings. The maximum Gasteiger partial charge on any atom is 0.333 e. The van der Waals surface area contributed by atoms with Gasteiger partial charge < -0.3 is 0 Å². The van der Waals surface area contributed by atoms with E-state index < -0.39 is 6.55 Å². The number of hydrogen-bond acceptors (Lipinski definition) is 1. The van der Waals surface area contributed by atoms with Gasteiger partial charge in [-0.25, -0.2) is 4.68 Å². The van der Waals surface area contributed by atoms with Crippen LogP contribution in [0.3, 0.4) is 0 Å². The predicted molar refractivity (Wildman–Crippen MR) is 60.1 cm³/mol. The van der Waals surface area contributed by atoms with E-state index in [1.165, 1.54) is 6.20 Å². The molecule has 0 bridgehead atoms. The Hall–Kier alpha value is -1.16. The summed E-state index contributed by atoms with van der Waals surface area (Å²) in [5.41, 5.74) is 1.44. The van der Waals surface area contributed by atoms with Crippen LogP contribution in [0.1, 0.15) is 31.9 Å². The molecule has 0 aliphatic rings. The Balaban J connectivity index is 2.61. The highest BCUT2D eigenvalue weighted by atomic mass is 35.5. The molecule has 2 rings (SSSR count). The number of hydrogen-bond donors (Lipinski definition) is 0. The van der Waals surface area contributed by atoms with Crippen molar-refractivity contribution in [1.82, 2.24) is 9.78 Å². The summed E-state index contributed by atoms with van der Waals surface area (Å²) in [6.45, 7) is 1.39. The zero-order valence-corrected chi connectivity index (χ0v) is 9.67. The quantitative estimate of drug-likeness (QED) is 0.774. The second-order valence-corrected chi connectivity index (χ2v) is 4.38. The van der Waals surface area contributed by atoms with Crippen molar-refractivity contribution in [1.29, 1.82) is 0 Å². The van der Waals surface area contributed by atoms with Crippen molar-refractivity contribution in [2.45, 2.75) is 26.3 Å². The lowest BCUT2D eigenvalue weighted by Gasteiger charge is -2.07. The molecule has 0 aliphatic carbocycles. The molecule has 0 aliphatic heterocycles. The van der Waals surface area contributed by atoms with E-state index in [1.54, 1.807) is 6.07 Å². The van der Waals surface area contributed by atoms with E-state index in [4.69, 9.17) is 11.6 Å². The molecule has 1 aromatic carbocycles. The van der Waals surface area contributed by atoms with E-state index in [2.05, 4.69) is 5.10 Å². The topological polar surface area (TPSA) is 17.8 Å². The van der Waals surface area contributed by atoms with Gasteiger partial charge in [0.05, 0.1) is 5.52 Å². The van der Waals surface area contributed by atoms with Crippen molar-refractivity contribution in [2.75, 3.05) is 0 Å². The molecular formula is C11H11ClF2N2. The van der Waals surface area contributed by atoms with Crippen LogP contribution in [-0.2, 0) is 0 Å². The first-order valence-corrected chi connectivity index (χ1v) is 5.33. The minimum absolute atomic E-state index is 0.256. The molecule has 5 heteroatoms. The first kappa shape index (κ1) is 11.3. The first-order chi connectivity index (χ1) is 7.49. The second kappa shape index (κ2) is 4.01. The lowest BCUT2D eigenvalue weighted by atomic mass is 10.0. The highest BCUT2D eigenvalue weighted by Gasteiger charge is 2.12. The summed E-state index contributed by atoms with van der Waals surface area (Å²) in [5.74, 6) is 0.256. The van der Waals surface area contributed by atoms with Gasteiger partial charge in [0.15, 0.2) is 0 Å². The van der Waals surface area contributed by atoms with Crippen molar-refractivity contribution in [3.8, 4) is 0 Å². The van der Waals surface area contributed by atoms with Crippen LogP contribution in [0.25, 0.3) is 10.9 Å². The maximum absolute atomic E-state index is 12.4. The van der Waals surface area contributed by atoms with Gasteiger partial charge in [0.1, 0.15) is 0 Å². The first-order valence-electron chi connectivity index (χ1n) is 4.95. The molecule has 0 N–H and O–H groups in total. The van der Waals surface area contributed by atoms with E-state index in [-0.39, 0.29) is 5.92 Å². The Bertz CT molecular complexity index is 520. The molecule has 0 radical (unpaired) electrons. The molecule has 0 atom stereocenters. The number of alkyl halides is 2. The maximum atomic E-state index is 12.4. The lowest BCUT2D eigenvalue weighted by Crippen LogP contribution is -1.96. The molecule has 0 unspecified atom stereocenters. The van der Waals surface area contributed by atoms with Crippen LogP contribution >= 0.6 is 11.6 Å². The van der Waals surface area contributed by atoms with Crippen LogP contribution in [0.4, 0.5) is 8.78 Å². The molecule has 1 aromatic heterocycles. The van der Waals surface area contributed by atoms with Crippen molar-refractivity contribution in [2.24, 2.45) is 0 Å². The fourth-order valence-electron chi connectivity index (χ4n) is 1.63. The monoisotopic (exact) mass is 244 g/mol. The van der Waals surface area contributed by atoms with Gasteiger partial charge >= 0.3 is 6.55 Å². The lowest BCUT2D eigenvalue weighted by molar-refractivity contribution is 0.0574. The average Bonchev–Trinajstić information content (AvgIpc) is 2.58. The normalized spacial score (nSPS) is 11.9. The van der Waals surface area contributed by atoms with Gasteiger partial charge in [-0.15, -0.1) is 0 Å². The zero-order chi connectivity index (χ0) is 11.9. The van der Waals surface area contributed by atoms with Crippen LogP contribution in [0.2, 0.25) is 5.02 Å². The minimum Gasteiger partial charge on any atom is -0.210 e. The van der Waals surface area contributed by atoms with Gasteiger partial charge in [-0.1, -0.05) is 25.4 Å². The van der Waals surface area contributed by atoms with Gasteiger partial charge in [-0.3, -0.25) is 0 Å². The fourth-order valence-corrected chi connectivity index (χ4v) is 2.00. The van der Waals surface area contributed by atoms with Crippen molar-refractivity contribution in [3.63, 3.8) is 0 Å². The summed E-state index contributed by atoms with van der Waals surface area (Å²) >= 11 is 6.05. The van der Waals surface area contributed by atoms with Crippen LogP contribution in [0, 0.1) is 0 Å². The van der Waals surface area contributed by atoms with Crippen molar-refractivity contribution in [3.05, 3.63) is 28.9 Å². The molecule has 0 saturated heterocycles. The smallest absolute Gasteiger partial charge is 0.210 e. The van der Waals surface area contributed by atoms with Gasteiger partial charge in [-0.05, 0) is 23.6 Å². The molecule has 16 heavy (non-hydrogen) atoms. The Morgan fingerprint density at radius 1 is 1.31 bits per heavy atom. The summed E-state index contributed by atoms with van der Waals surface area (Å²) in [6, 6.07) is 3.44. The Labute approximate surface area is 96.8 Å². The third-order valence-corrected chi connectivity index (χ3v) is 2.79. The summed E-state index contributed by atoms with van der Waals surface area (Å²) < 4.78 is 25.5. The standard InChI is InChI=1S/C11H11ClF2N2/c1-6(2)8-3-7-5-16(11(13)14)15-10(7)4-9(8)12/h3-6,11H,1-2H3. The van der Waals surface area contributed by atoms with Gasteiger partial charge in [0.25, 0.3) is 0 Å². The minimum atomic E-state index is -2.62. The Kier molecular flexibility index (Phi) is 2.84. The third-order valence-electron chi connectivity index (χ3n) is 2.46. The molecule has 0 saturated carbocycles. The predicted octanol–water partition coefficient (Wildman–Crippen LogP) is 4.21. The molecule has 86 valence electrons. The number of nitrogens with zero attached hydrogens (tertiary/aromatic N) is 2. The Morgan fingerprint density at radius 2 is 2.00 bits per heavy atom. The van der Waals surface area contributed by atoms with Crippen molar-refractivity contribution < 1.29 is 8.78 Å². The van der Waals surface area contributed by atoms with Crippen molar-refractivity contribution >= 4 is 22.5 Å². The highest BCUT2D eigenvalue weighted by Crippen LogP contribution is 2.29. The SMILES string of the molecule is CC(C)c1cc2cn(C(F)F)nc2cc1Cl. The summed E-state index contributed by atoms with van der Waals surface area (Å²) in [4.78, 5) is 0. The second-order valence-electron chi connectivity index (χ2n) is 3.97. The largest absolute Gasteiger partial charge is 0.333 e. The van der Waals surface area contributed by atoms with Gasteiger partial charge in [-0.2, -0.15) is 13.9 Å². The molecule has 1 heterocycles. The summed E-state index contributed by atoms with van der Waals surface area (Å²) in [5, 5.41) is 5.02. The number of halogens is 3. The number of fused-ring (bicyclic) bond motifs is 1. The molecule has 0 spiro atoms. The summed E-state index contributed by atoms with van der Waals surface area (Å²) in [7, 11) is 0. The number of rotatable bonds is 2. The van der Waals surface area contributed by atoms with Gasteiger partial charge in [0, 0.05) is 16.6 Å². The number of benzene rings is 1. The van der Waals surface area contributed by atoms with E-state index >= 15 is 0 Å². The van der Waals surface area contributed by atoms with E-state index in [0.29, 0.717) is 20.6 Å². The molecule has 2 aromatic rings. The molecule has 2 nitrogen and oxygen atoms in total. The van der Waals surface area contributed by atoms with E-state index in [0.717, 1.165) is 5.56 Å². The van der Waals surface area contributed by atoms with E-state index in [9.17, 15) is 8.78 Å².